The number of rotatable bonds is 2. The minimum absolute atomic E-state index is 0.234. The van der Waals surface area contributed by atoms with Crippen molar-refractivity contribution in [3.8, 4) is 0 Å². The highest BCUT2D eigenvalue weighted by Crippen LogP contribution is 2.32. The Morgan fingerprint density at radius 3 is 2.53 bits per heavy atom. The topological polar surface area (TPSA) is 60.2 Å². The van der Waals surface area contributed by atoms with Gasteiger partial charge < -0.3 is 5.73 Å². The Hall–Kier alpha value is -0.870. The van der Waals surface area contributed by atoms with Crippen molar-refractivity contribution >= 4 is 9.84 Å². The Labute approximate surface area is 116 Å². The molecular formula is C15H23NO2S. The lowest BCUT2D eigenvalue weighted by molar-refractivity contribution is 0.346. The first-order chi connectivity index (χ1) is 8.82. The van der Waals surface area contributed by atoms with Crippen LogP contribution in [0.1, 0.15) is 37.3 Å². The number of nitrogens with two attached hydrogens (primary N) is 1. The summed E-state index contributed by atoms with van der Waals surface area (Å²) in [6.07, 6.45) is 2.51. The van der Waals surface area contributed by atoms with Gasteiger partial charge in [0.05, 0.1) is 10.1 Å². The molecule has 106 valence electrons. The van der Waals surface area contributed by atoms with E-state index in [4.69, 9.17) is 5.73 Å². The van der Waals surface area contributed by atoms with E-state index in [1.54, 1.807) is 6.07 Å². The van der Waals surface area contributed by atoms with E-state index in [2.05, 4.69) is 6.92 Å². The maximum Gasteiger partial charge on any atom is 0.183 e. The predicted octanol–water partition coefficient (Wildman–Crippen LogP) is 2.59. The van der Waals surface area contributed by atoms with E-state index in [9.17, 15) is 8.42 Å². The molecule has 3 nitrogen and oxygen atoms in total. The van der Waals surface area contributed by atoms with E-state index in [0.717, 1.165) is 24.0 Å². The third-order valence-corrected chi connectivity index (χ3v) is 6.55. The van der Waals surface area contributed by atoms with Gasteiger partial charge in [-0.1, -0.05) is 24.6 Å². The van der Waals surface area contributed by atoms with Crippen LogP contribution in [0.4, 0.5) is 0 Å². The molecule has 0 radical (unpaired) electrons. The van der Waals surface area contributed by atoms with Crippen LogP contribution < -0.4 is 5.73 Å². The van der Waals surface area contributed by atoms with E-state index < -0.39 is 15.1 Å². The van der Waals surface area contributed by atoms with Crippen molar-refractivity contribution in [3.63, 3.8) is 0 Å². The fourth-order valence-corrected chi connectivity index (χ4v) is 5.26. The number of aryl methyl sites for hydroxylation is 2. The summed E-state index contributed by atoms with van der Waals surface area (Å²) in [7, 11) is -3.32. The van der Waals surface area contributed by atoms with Gasteiger partial charge in [-0.15, -0.1) is 0 Å². The average Bonchev–Trinajstić information content (AvgIpc) is 2.31. The van der Waals surface area contributed by atoms with Crippen molar-refractivity contribution in [1.82, 2.24) is 0 Å². The Morgan fingerprint density at radius 1 is 1.21 bits per heavy atom. The van der Waals surface area contributed by atoms with Gasteiger partial charge in [0.15, 0.2) is 9.84 Å². The molecule has 1 saturated carbocycles. The van der Waals surface area contributed by atoms with Gasteiger partial charge in [0.2, 0.25) is 0 Å². The fourth-order valence-electron chi connectivity index (χ4n) is 2.99. The number of hydrogen-bond donors (Lipinski definition) is 1. The van der Waals surface area contributed by atoms with Crippen molar-refractivity contribution in [2.45, 2.75) is 56.2 Å². The smallest absolute Gasteiger partial charge is 0.183 e. The summed E-state index contributed by atoms with van der Waals surface area (Å²) in [5.41, 5.74) is 7.97. The normalized spacial score (nSPS) is 28.3. The van der Waals surface area contributed by atoms with E-state index >= 15 is 0 Å². The van der Waals surface area contributed by atoms with Crippen molar-refractivity contribution in [3.05, 3.63) is 29.3 Å². The molecule has 0 aromatic heterocycles. The highest BCUT2D eigenvalue weighted by molar-refractivity contribution is 7.92. The maximum atomic E-state index is 12.8. The predicted molar refractivity (Wildman–Crippen MR) is 77.9 cm³/mol. The molecule has 1 aromatic rings. The van der Waals surface area contributed by atoms with Gasteiger partial charge in [-0.2, -0.15) is 0 Å². The highest BCUT2D eigenvalue weighted by Gasteiger charge is 2.37. The maximum absolute atomic E-state index is 12.8. The average molecular weight is 281 g/mol. The zero-order valence-corrected chi connectivity index (χ0v) is 12.7. The lowest BCUT2D eigenvalue weighted by atomic mass is 9.87. The number of sulfone groups is 1. The lowest BCUT2D eigenvalue weighted by Crippen LogP contribution is -2.44. The molecule has 0 heterocycles. The van der Waals surface area contributed by atoms with Crippen LogP contribution in [0, 0.1) is 19.8 Å². The molecule has 4 heteroatoms. The highest BCUT2D eigenvalue weighted by atomic mass is 32.2. The third kappa shape index (κ3) is 2.84. The van der Waals surface area contributed by atoms with Crippen LogP contribution in [-0.4, -0.2) is 19.7 Å². The van der Waals surface area contributed by atoms with Gasteiger partial charge in [0.25, 0.3) is 0 Å². The molecule has 0 spiro atoms. The SMILES string of the molecule is Cc1ccc(S(=O)(=O)C2CC(C)CCC2N)c(C)c1. The van der Waals surface area contributed by atoms with Crippen LogP contribution in [0.3, 0.4) is 0 Å². The molecule has 0 bridgehead atoms. The van der Waals surface area contributed by atoms with Gasteiger partial charge in [-0.25, -0.2) is 8.42 Å². The lowest BCUT2D eigenvalue weighted by Gasteiger charge is -2.32. The molecule has 1 aromatic carbocycles. The molecule has 1 aliphatic carbocycles. The molecule has 1 aliphatic rings. The van der Waals surface area contributed by atoms with Crippen molar-refractivity contribution in [1.29, 1.82) is 0 Å². The van der Waals surface area contributed by atoms with Crippen LogP contribution >= 0.6 is 0 Å². The molecular weight excluding hydrogens is 258 g/mol. The second-order valence-electron chi connectivity index (χ2n) is 5.93. The van der Waals surface area contributed by atoms with Crippen LogP contribution in [-0.2, 0) is 9.84 Å². The first-order valence-electron chi connectivity index (χ1n) is 6.89. The molecule has 19 heavy (non-hydrogen) atoms. The van der Waals surface area contributed by atoms with Crippen LogP contribution in [0.5, 0.6) is 0 Å². The molecule has 1 fully saturated rings. The zero-order chi connectivity index (χ0) is 14.2. The standard InChI is InChI=1S/C15H23NO2S/c1-10-5-7-14(12(3)8-10)19(17,18)15-9-11(2)4-6-13(15)16/h5,7-8,11,13,15H,4,6,9,16H2,1-3H3. The van der Waals surface area contributed by atoms with E-state index in [1.165, 1.54) is 0 Å². The van der Waals surface area contributed by atoms with E-state index in [1.807, 2.05) is 26.0 Å². The summed E-state index contributed by atoms with van der Waals surface area (Å²) in [5.74, 6) is 0.435. The van der Waals surface area contributed by atoms with Crippen LogP contribution in [0.25, 0.3) is 0 Å². The first kappa shape index (κ1) is 14.5. The van der Waals surface area contributed by atoms with Crippen LogP contribution in [0.15, 0.2) is 23.1 Å². The largest absolute Gasteiger partial charge is 0.327 e. The van der Waals surface area contributed by atoms with Gasteiger partial charge in [0, 0.05) is 6.04 Å². The Bertz CT molecular complexity index is 566. The fraction of sp³-hybridized carbons (Fsp3) is 0.600. The van der Waals surface area contributed by atoms with Crippen molar-refractivity contribution in [2.75, 3.05) is 0 Å². The molecule has 0 saturated heterocycles. The summed E-state index contributed by atoms with van der Waals surface area (Å²) in [5, 5.41) is -0.433. The minimum atomic E-state index is -3.32. The summed E-state index contributed by atoms with van der Waals surface area (Å²) < 4.78 is 25.6. The van der Waals surface area contributed by atoms with Gasteiger partial charge >= 0.3 is 0 Å². The van der Waals surface area contributed by atoms with Gasteiger partial charge in [-0.3, -0.25) is 0 Å². The second-order valence-corrected chi connectivity index (χ2v) is 8.07. The molecule has 2 rings (SSSR count). The molecule has 3 unspecified atom stereocenters. The molecule has 3 atom stereocenters. The van der Waals surface area contributed by atoms with Crippen LogP contribution in [0.2, 0.25) is 0 Å². The third-order valence-electron chi connectivity index (χ3n) is 4.14. The number of benzene rings is 1. The van der Waals surface area contributed by atoms with Crippen molar-refractivity contribution in [2.24, 2.45) is 11.7 Å². The molecule has 0 aliphatic heterocycles. The first-order valence-corrected chi connectivity index (χ1v) is 8.43. The summed E-state index contributed by atoms with van der Waals surface area (Å²) in [6, 6.07) is 5.27. The van der Waals surface area contributed by atoms with Crippen molar-refractivity contribution < 1.29 is 8.42 Å². The quantitative estimate of drug-likeness (QED) is 0.906. The summed E-state index contributed by atoms with van der Waals surface area (Å²) in [6.45, 7) is 5.94. The molecule has 0 amide bonds. The Morgan fingerprint density at radius 2 is 1.89 bits per heavy atom. The van der Waals surface area contributed by atoms with E-state index in [0.29, 0.717) is 17.2 Å². The van der Waals surface area contributed by atoms with E-state index in [-0.39, 0.29) is 6.04 Å². The van der Waals surface area contributed by atoms with Gasteiger partial charge in [0.1, 0.15) is 0 Å². The Kier molecular flexibility index (Phi) is 4.02. The summed E-state index contributed by atoms with van der Waals surface area (Å²) in [4.78, 5) is 0.452. The minimum Gasteiger partial charge on any atom is -0.327 e. The molecule has 2 N–H and O–H groups in total. The van der Waals surface area contributed by atoms with Gasteiger partial charge in [-0.05, 0) is 50.7 Å². The number of hydrogen-bond acceptors (Lipinski definition) is 3. The summed E-state index contributed by atoms with van der Waals surface area (Å²) >= 11 is 0. The zero-order valence-electron chi connectivity index (χ0n) is 11.9. The Balaban J connectivity index is 2.41. The second kappa shape index (κ2) is 5.25. The monoisotopic (exact) mass is 281 g/mol.